The zero-order valence-corrected chi connectivity index (χ0v) is 17.2. The molecule has 0 bridgehead atoms. The molecule has 1 saturated carbocycles. The first-order chi connectivity index (χ1) is 15.3. The van der Waals surface area contributed by atoms with Crippen LogP contribution in [0.15, 0.2) is 36.5 Å². The number of ether oxygens (including phenoxy) is 1. The number of benzene rings is 1. The van der Waals surface area contributed by atoms with Gasteiger partial charge in [0.15, 0.2) is 0 Å². The minimum absolute atomic E-state index is 0.0996. The Hall–Kier alpha value is -3.43. The van der Waals surface area contributed by atoms with Crippen molar-refractivity contribution in [2.24, 2.45) is 5.92 Å². The quantitative estimate of drug-likeness (QED) is 0.577. The van der Waals surface area contributed by atoms with Gasteiger partial charge >= 0.3 is 6.18 Å². The summed E-state index contributed by atoms with van der Waals surface area (Å²) in [5.74, 6) is -0.358. The molecule has 3 aromatic rings. The molecule has 1 aliphatic carbocycles. The molecule has 1 aromatic carbocycles. The summed E-state index contributed by atoms with van der Waals surface area (Å²) in [6.45, 7) is 0. The lowest BCUT2D eigenvalue weighted by Crippen LogP contribution is -2.19. The molecule has 32 heavy (non-hydrogen) atoms. The molecule has 4 rings (SSSR count). The first-order valence-electron chi connectivity index (χ1n) is 10.2. The van der Waals surface area contributed by atoms with Crippen LogP contribution in [-0.4, -0.2) is 34.1 Å². The average Bonchev–Trinajstić information content (AvgIpc) is 3.21. The third-order valence-corrected chi connectivity index (χ3v) is 5.67. The fourth-order valence-corrected chi connectivity index (χ4v) is 3.93. The summed E-state index contributed by atoms with van der Waals surface area (Å²) in [6, 6.07) is 6.66. The van der Waals surface area contributed by atoms with Crippen LogP contribution in [0.4, 0.5) is 18.9 Å². The largest absolute Gasteiger partial charge is 0.494 e. The van der Waals surface area contributed by atoms with E-state index < -0.39 is 17.8 Å². The van der Waals surface area contributed by atoms with Gasteiger partial charge in [0, 0.05) is 23.6 Å². The Labute approximate surface area is 181 Å². The standard InChI is InChI=1S/C22H21F3N4O3/c1-32-19-10-17-14(11-29(28-17)15-7-5-13(12-30)6-8-15)9-18(19)27-21(31)16-3-2-4-20(26-16)22(23,24)25/h2-4,9-13,15H,5-8H2,1H3,(H,27,31)/t13-,15-. The smallest absolute Gasteiger partial charge is 0.433 e. The summed E-state index contributed by atoms with van der Waals surface area (Å²) in [4.78, 5) is 27.0. The minimum atomic E-state index is -4.65. The van der Waals surface area contributed by atoms with Gasteiger partial charge in [-0.15, -0.1) is 0 Å². The fraction of sp³-hybridized carbons (Fsp3) is 0.364. The van der Waals surface area contributed by atoms with Gasteiger partial charge in [-0.2, -0.15) is 18.3 Å². The van der Waals surface area contributed by atoms with Gasteiger partial charge in [-0.1, -0.05) is 6.07 Å². The van der Waals surface area contributed by atoms with Crippen LogP contribution in [0.2, 0.25) is 0 Å². The minimum Gasteiger partial charge on any atom is -0.494 e. The second kappa shape index (κ2) is 8.60. The molecule has 0 radical (unpaired) electrons. The number of amides is 1. The highest BCUT2D eigenvalue weighted by molar-refractivity contribution is 6.05. The normalized spacial score (nSPS) is 19.0. The molecular formula is C22H21F3N4O3. The number of pyridine rings is 1. The summed E-state index contributed by atoms with van der Waals surface area (Å²) >= 11 is 0. The van der Waals surface area contributed by atoms with Gasteiger partial charge in [0.1, 0.15) is 23.4 Å². The predicted octanol–water partition coefficient (Wildman–Crippen LogP) is 4.64. The molecule has 1 aliphatic rings. The first-order valence-corrected chi connectivity index (χ1v) is 10.2. The van der Waals surface area contributed by atoms with E-state index in [1.807, 2.05) is 10.9 Å². The van der Waals surface area contributed by atoms with Crippen molar-refractivity contribution in [2.75, 3.05) is 12.4 Å². The fourth-order valence-electron chi connectivity index (χ4n) is 3.93. The summed E-state index contributed by atoms with van der Waals surface area (Å²) < 4.78 is 45.9. The van der Waals surface area contributed by atoms with Crippen LogP contribution in [0.5, 0.6) is 5.75 Å². The number of aldehydes is 1. The van der Waals surface area contributed by atoms with Crippen molar-refractivity contribution in [3.05, 3.63) is 47.9 Å². The Morgan fingerprint density at radius 1 is 1.22 bits per heavy atom. The molecule has 2 heterocycles. The number of fused-ring (bicyclic) bond motifs is 1. The Balaban J connectivity index is 1.59. The van der Waals surface area contributed by atoms with Gasteiger partial charge in [0.25, 0.3) is 5.91 Å². The number of nitrogens with one attached hydrogen (secondary N) is 1. The van der Waals surface area contributed by atoms with Gasteiger partial charge in [0.2, 0.25) is 0 Å². The van der Waals surface area contributed by atoms with E-state index in [4.69, 9.17) is 4.74 Å². The number of carbonyl (C=O) groups is 2. The SMILES string of the molecule is COc1cc2nn([C@H]3CC[C@H](C=O)CC3)cc2cc1NC(=O)c1cccc(C(F)(F)F)n1. The molecule has 0 atom stereocenters. The average molecular weight is 446 g/mol. The number of halogens is 3. The van der Waals surface area contributed by atoms with Crippen molar-refractivity contribution < 1.29 is 27.5 Å². The Morgan fingerprint density at radius 3 is 2.62 bits per heavy atom. The number of hydrogen-bond acceptors (Lipinski definition) is 5. The van der Waals surface area contributed by atoms with E-state index >= 15 is 0 Å². The van der Waals surface area contributed by atoms with E-state index in [9.17, 15) is 22.8 Å². The van der Waals surface area contributed by atoms with Crippen molar-refractivity contribution in [1.29, 1.82) is 0 Å². The first kappa shape index (κ1) is 21.8. The highest BCUT2D eigenvalue weighted by Crippen LogP contribution is 2.35. The Bertz CT molecular complexity index is 1150. The van der Waals surface area contributed by atoms with Gasteiger partial charge in [0.05, 0.1) is 24.4 Å². The van der Waals surface area contributed by atoms with Crippen LogP contribution in [0.3, 0.4) is 0 Å². The number of rotatable bonds is 5. The molecule has 1 fully saturated rings. The van der Waals surface area contributed by atoms with Crippen molar-refractivity contribution in [3.8, 4) is 5.75 Å². The molecule has 10 heteroatoms. The van der Waals surface area contributed by atoms with Gasteiger partial charge < -0.3 is 14.8 Å². The lowest BCUT2D eigenvalue weighted by molar-refractivity contribution is -0.141. The van der Waals surface area contributed by atoms with E-state index in [1.165, 1.54) is 13.2 Å². The van der Waals surface area contributed by atoms with E-state index in [1.54, 1.807) is 12.1 Å². The van der Waals surface area contributed by atoms with Crippen LogP contribution < -0.4 is 10.1 Å². The van der Waals surface area contributed by atoms with E-state index in [0.717, 1.165) is 49.5 Å². The predicted molar refractivity (Wildman–Crippen MR) is 111 cm³/mol. The molecule has 1 N–H and O–H groups in total. The number of methoxy groups -OCH3 is 1. The van der Waals surface area contributed by atoms with Crippen molar-refractivity contribution in [1.82, 2.24) is 14.8 Å². The summed E-state index contributed by atoms with van der Waals surface area (Å²) in [5, 5.41) is 7.94. The van der Waals surface area contributed by atoms with Crippen LogP contribution in [0.1, 0.15) is 47.9 Å². The molecule has 0 spiro atoms. The number of nitrogens with zero attached hydrogens (tertiary/aromatic N) is 3. The van der Waals surface area contributed by atoms with Gasteiger partial charge in [-0.05, 0) is 43.9 Å². The topological polar surface area (TPSA) is 86.1 Å². The van der Waals surface area contributed by atoms with Crippen LogP contribution in [0.25, 0.3) is 10.9 Å². The zero-order chi connectivity index (χ0) is 22.9. The summed E-state index contributed by atoms with van der Waals surface area (Å²) in [6.07, 6.45) is 1.55. The van der Waals surface area contributed by atoms with Crippen molar-refractivity contribution in [3.63, 3.8) is 0 Å². The summed E-state index contributed by atoms with van der Waals surface area (Å²) in [7, 11) is 1.43. The molecule has 2 aromatic heterocycles. The third-order valence-electron chi connectivity index (χ3n) is 5.67. The zero-order valence-electron chi connectivity index (χ0n) is 17.2. The molecule has 0 saturated heterocycles. The number of carbonyl (C=O) groups excluding carboxylic acids is 2. The maximum absolute atomic E-state index is 12.9. The van der Waals surface area contributed by atoms with Crippen LogP contribution >= 0.6 is 0 Å². The van der Waals surface area contributed by atoms with Crippen LogP contribution in [-0.2, 0) is 11.0 Å². The number of anilines is 1. The molecule has 1 amide bonds. The molecule has 7 nitrogen and oxygen atoms in total. The Kier molecular flexibility index (Phi) is 5.86. The van der Waals surface area contributed by atoms with Crippen molar-refractivity contribution >= 4 is 28.8 Å². The van der Waals surface area contributed by atoms with Gasteiger partial charge in [-0.3, -0.25) is 9.48 Å². The van der Waals surface area contributed by atoms with Crippen LogP contribution in [0, 0.1) is 5.92 Å². The maximum atomic E-state index is 12.9. The second-order valence-corrected chi connectivity index (χ2v) is 7.79. The maximum Gasteiger partial charge on any atom is 0.433 e. The van der Waals surface area contributed by atoms with E-state index in [-0.39, 0.29) is 17.7 Å². The molecule has 0 aliphatic heterocycles. The molecule has 0 unspecified atom stereocenters. The number of aromatic nitrogens is 3. The molecular weight excluding hydrogens is 425 g/mol. The highest BCUT2D eigenvalue weighted by atomic mass is 19.4. The number of alkyl halides is 3. The second-order valence-electron chi connectivity index (χ2n) is 7.79. The third kappa shape index (κ3) is 4.44. The molecule has 168 valence electrons. The van der Waals surface area contributed by atoms with Crippen molar-refractivity contribution in [2.45, 2.75) is 37.9 Å². The highest BCUT2D eigenvalue weighted by Gasteiger charge is 2.33. The lowest BCUT2D eigenvalue weighted by Gasteiger charge is -2.25. The monoisotopic (exact) mass is 446 g/mol. The van der Waals surface area contributed by atoms with E-state index in [0.29, 0.717) is 17.0 Å². The summed E-state index contributed by atoms with van der Waals surface area (Å²) in [5.41, 5.74) is -0.536. The van der Waals surface area contributed by atoms with Gasteiger partial charge in [-0.25, -0.2) is 4.98 Å². The number of hydrogen-bond donors (Lipinski definition) is 1. The lowest BCUT2D eigenvalue weighted by atomic mass is 9.87. The van der Waals surface area contributed by atoms with E-state index in [2.05, 4.69) is 15.4 Å². The Morgan fingerprint density at radius 2 is 1.97 bits per heavy atom.